The SMILES string of the molecule is [B]C(=O)CNC(=O)C(N)C/C(=C/N)NC. The summed E-state index contributed by atoms with van der Waals surface area (Å²) in [6, 6.07) is -0.758. The van der Waals surface area contributed by atoms with Crippen LogP contribution >= 0.6 is 0 Å². The molecule has 15 heavy (non-hydrogen) atoms. The van der Waals surface area contributed by atoms with E-state index < -0.39 is 17.6 Å². The molecule has 2 radical (unpaired) electrons. The van der Waals surface area contributed by atoms with Gasteiger partial charge in [0.2, 0.25) is 5.91 Å². The van der Waals surface area contributed by atoms with Crippen molar-refractivity contribution >= 4 is 19.4 Å². The van der Waals surface area contributed by atoms with Gasteiger partial charge in [-0.15, -0.1) is 0 Å². The minimum atomic E-state index is -0.758. The predicted octanol–water partition coefficient (Wildman–Crippen LogP) is -2.47. The van der Waals surface area contributed by atoms with Gasteiger partial charge >= 0.3 is 0 Å². The summed E-state index contributed by atoms with van der Waals surface area (Å²) in [5.74, 6) is -0.441. The van der Waals surface area contributed by atoms with E-state index in [2.05, 4.69) is 10.6 Å². The first kappa shape index (κ1) is 13.5. The minimum Gasteiger partial charge on any atom is -0.403 e. The second kappa shape index (κ2) is 6.89. The molecule has 0 saturated carbocycles. The molecule has 1 amide bonds. The van der Waals surface area contributed by atoms with Crippen molar-refractivity contribution in [1.29, 1.82) is 0 Å². The molecule has 0 aromatic carbocycles. The molecular weight excluding hydrogens is 195 g/mol. The summed E-state index contributed by atoms with van der Waals surface area (Å²) in [5.41, 5.74) is 10.9. The van der Waals surface area contributed by atoms with Crippen LogP contribution in [0.4, 0.5) is 0 Å². The number of nitrogens with one attached hydrogen (secondary N) is 2. The molecular formula is C8H15BN4O2. The first-order chi connectivity index (χ1) is 7.01. The second-order valence-electron chi connectivity index (χ2n) is 2.94. The molecule has 82 valence electrons. The van der Waals surface area contributed by atoms with Gasteiger partial charge in [-0.2, -0.15) is 0 Å². The highest BCUT2D eigenvalue weighted by atomic mass is 16.2. The molecule has 0 fully saturated rings. The van der Waals surface area contributed by atoms with Crippen LogP contribution in [0.25, 0.3) is 0 Å². The van der Waals surface area contributed by atoms with Crippen LogP contribution < -0.4 is 22.1 Å². The maximum atomic E-state index is 11.3. The summed E-state index contributed by atoms with van der Waals surface area (Å²) in [4.78, 5) is 21.7. The monoisotopic (exact) mass is 210 g/mol. The third-order valence-corrected chi connectivity index (χ3v) is 1.74. The Morgan fingerprint density at radius 3 is 2.53 bits per heavy atom. The molecule has 6 nitrogen and oxygen atoms in total. The molecule has 0 bridgehead atoms. The molecule has 1 unspecified atom stereocenters. The maximum absolute atomic E-state index is 11.3. The molecule has 0 aliphatic rings. The summed E-state index contributed by atoms with van der Waals surface area (Å²) in [6.07, 6.45) is 1.61. The average molecular weight is 210 g/mol. The number of rotatable bonds is 6. The smallest absolute Gasteiger partial charge is 0.237 e. The van der Waals surface area contributed by atoms with Gasteiger partial charge in [0.25, 0.3) is 0 Å². The van der Waals surface area contributed by atoms with Gasteiger partial charge < -0.3 is 26.9 Å². The fourth-order valence-corrected chi connectivity index (χ4v) is 0.888. The summed E-state index contributed by atoms with van der Waals surface area (Å²) in [6.45, 7) is -0.215. The zero-order chi connectivity index (χ0) is 11.8. The molecule has 0 aliphatic heterocycles. The van der Waals surface area contributed by atoms with Crippen molar-refractivity contribution in [2.75, 3.05) is 13.6 Å². The zero-order valence-electron chi connectivity index (χ0n) is 8.62. The highest BCUT2D eigenvalue weighted by Crippen LogP contribution is 1.97. The van der Waals surface area contributed by atoms with E-state index in [1.165, 1.54) is 6.20 Å². The van der Waals surface area contributed by atoms with Gasteiger partial charge in [0.15, 0.2) is 7.85 Å². The van der Waals surface area contributed by atoms with Gasteiger partial charge in [0.1, 0.15) is 0 Å². The van der Waals surface area contributed by atoms with E-state index >= 15 is 0 Å². The topological polar surface area (TPSA) is 110 Å². The van der Waals surface area contributed by atoms with Crippen LogP contribution in [-0.4, -0.2) is 39.1 Å². The molecule has 0 spiro atoms. The minimum absolute atomic E-state index is 0.215. The first-order valence-corrected chi connectivity index (χ1v) is 4.41. The summed E-state index contributed by atoms with van der Waals surface area (Å²) in [7, 11) is 6.53. The van der Waals surface area contributed by atoms with Crippen LogP contribution in [0, 0.1) is 0 Å². The summed E-state index contributed by atoms with van der Waals surface area (Å²) >= 11 is 0. The Labute approximate surface area is 89.9 Å². The fraction of sp³-hybridized carbons (Fsp3) is 0.500. The van der Waals surface area contributed by atoms with Crippen LogP contribution in [0.15, 0.2) is 11.9 Å². The van der Waals surface area contributed by atoms with Crippen molar-refractivity contribution < 1.29 is 9.59 Å². The van der Waals surface area contributed by atoms with Crippen molar-refractivity contribution in [3.05, 3.63) is 11.9 Å². The third-order valence-electron chi connectivity index (χ3n) is 1.74. The lowest BCUT2D eigenvalue weighted by Crippen LogP contribution is -2.43. The van der Waals surface area contributed by atoms with E-state index in [4.69, 9.17) is 19.3 Å². The van der Waals surface area contributed by atoms with Gasteiger partial charge in [-0.1, -0.05) is 0 Å². The number of nitrogens with two attached hydrogens (primary N) is 2. The Morgan fingerprint density at radius 1 is 1.53 bits per heavy atom. The van der Waals surface area contributed by atoms with Crippen molar-refractivity contribution in [2.45, 2.75) is 12.5 Å². The Bertz CT molecular complexity index is 267. The Hall–Kier alpha value is -1.50. The van der Waals surface area contributed by atoms with E-state index in [0.717, 1.165) is 0 Å². The number of carbonyl (C=O) groups excluding carboxylic acids is 2. The quantitative estimate of drug-likeness (QED) is 0.363. The van der Waals surface area contributed by atoms with E-state index in [9.17, 15) is 9.59 Å². The molecule has 0 heterocycles. The molecule has 6 N–H and O–H groups in total. The van der Waals surface area contributed by atoms with Crippen molar-refractivity contribution in [1.82, 2.24) is 10.6 Å². The van der Waals surface area contributed by atoms with Crippen molar-refractivity contribution in [2.24, 2.45) is 11.5 Å². The van der Waals surface area contributed by atoms with Crippen LogP contribution in [-0.2, 0) is 9.59 Å². The molecule has 0 aliphatic carbocycles. The van der Waals surface area contributed by atoms with Gasteiger partial charge in [-0.25, -0.2) is 0 Å². The lowest BCUT2D eigenvalue weighted by Gasteiger charge is -2.13. The Balaban J connectivity index is 4.04. The number of hydrogen-bond acceptors (Lipinski definition) is 5. The molecule has 7 heteroatoms. The van der Waals surface area contributed by atoms with Crippen LogP contribution in [0.2, 0.25) is 0 Å². The van der Waals surface area contributed by atoms with Crippen LogP contribution in [0.3, 0.4) is 0 Å². The first-order valence-electron chi connectivity index (χ1n) is 4.41. The summed E-state index contributed by atoms with van der Waals surface area (Å²) in [5, 5.41) is 5.09. The molecule has 0 aromatic rings. The molecule has 0 rings (SSSR count). The zero-order valence-corrected chi connectivity index (χ0v) is 8.62. The standard InChI is InChI=1S/C8H15BN4O2/c1-12-5(3-10)2-6(11)8(15)13-4-7(9)14/h3,6,12H,2,4,10-11H2,1H3,(H,13,15)/b5-3-. The fourth-order valence-electron chi connectivity index (χ4n) is 0.888. The van der Waals surface area contributed by atoms with Crippen LogP contribution in [0.5, 0.6) is 0 Å². The Morgan fingerprint density at radius 2 is 2.13 bits per heavy atom. The number of carbonyl (C=O) groups is 2. The predicted molar refractivity (Wildman–Crippen MR) is 57.7 cm³/mol. The highest BCUT2D eigenvalue weighted by Gasteiger charge is 2.14. The highest BCUT2D eigenvalue weighted by molar-refractivity contribution is 6.58. The summed E-state index contributed by atoms with van der Waals surface area (Å²) < 4.78 is 0. The average Bonchev–Trinajstić information content (AvgIpc) is 2.21. The van der Waals surface area contributed by atoms with E-state index in [1.54, 1.807) is 7.05 Å². The van der Waals surface area contributed by atoms with Gasteiger partial charge in [0, 0.05) is 25.4 Å². The molecule has 1 atom stereocenters. The van der Waals surface area contributed by atoms with Gasteiger partial charge in [-0.3, -0.25) is 4.79 Å². The number of hydrogen-bond donors (Lipinski definition) is 4. The lowest BCUT2D eigenvalue weighted by atomic mass is 10.0. The van der Waals surface area contributed by atoms with Crippen molar-refractivity contribution in [3.8, 4) is 0 Å². The lowest BCUT2D eigenvalue weighted by molar-refractivity contribution is -0.124. The number of amides is 1. The maximum Gasteiger partial charge on any atom is 0.237 e. The van der Waals surface area contributed by atoms with E-state index in [1.807, 2.05) is 0 Å². The third kappa shape index (κ3) is 5.74. The van der Waals surface area contributed by atoms with E-state index in [-0.39, 0.29) is 13.0 Å². The molecule has 0 aromatic heterocycles. The normalized spacial score (nSPS) is 13.1. The van der Waals surface area contributed by atoms with E-state index in [0.29, 0.717) is 5.70 Å². The Kier molecular flexibility index (Phi) is 6.20. The van der Waals surface area contributed by atoms with Gasteiger partial charge in [0.05, 0.1) is 18.3 Å². The second-order valence-corrected chi connectivity index (χ2v) is 2.94. The molecule has 0 saturated heterocycles. The van der Waals surface area contributed by atoms with Crippen LogP contribution in [0.1, 0.15) is 6.42 Å². The van der Waals surface area contributed by atoms with Crippen molar-refractivity contribution in [3.63, 3.8) is 0 Å². The largest absolute Gasteiger partial charge is 0.403 e. The van der Waals surface area contributed by atoms with Gasteiger partial charge in [-0.05, 0) is 0 Å².